The molecule has 1 heterocycles. The van der Waals surface area contributed by atoms with Crippen LogP contribution in [0.5, 0.6) is 0 Å². The van der Waals surface area contributed by atoms with Crippen LogP contribution in [-0.4, -0.2) is 13.1 Å². The van der Waals surface area contributed by atoms with Crippen molar-refractivity contribution in [1.29, 1.82) is 0 Å². The Morgan fingerprint density at radius 1 is 1.20 bits per heavy atom. The van der Waals surface area contributed by atoms with Crippen LogP contribution in [0, 0.1) is 23.2 Å². The van der Waals surface area contributed by atoms with Gasteiger partial charge < -0.3 is 5.32 Å². The lowest BCUT2D eigenvalue weighted by molar-refractivity contribution is -0.0738. The zero-order chi connectivity index (χ0) is 13.6. The van der Waals surface area contributed by atoms with E-state index in [-0.39, 0.29) is 0 Å². The first kappa shape index (κ1) is 13.3. The van der Waals surface area contributed by atoms with Crippen molar-refractivity contribution in [2.45, 2.75) is 57.4 Å². The lowest BCUT2D eigenvalue weighted by Crippen LogP contribution is -2.55. The van der Waals surface area contributed by atoms with Crippen LogP contribution in [-0.2, 0) is 6.42 Å². The second kappa shape index (κ2) is 5.14. The van der Waals surface area contributed by atoms with Crippen molar-refractivity contribution in [1.82, 2.24) is 5.32 Å². The molecular weight excluding hydrogens is 262 g/mol. The van der Waals surface area contributed by atoms with Gasteiger partial charge in [0.05, 0.1) is 0 Å². The Morgan fingerprint density at radius 2 is 1.85 bits per heavy atom. The molecule has 110 valence electrons. The minimum atomic E-state index is 0.652. The van der Waals surface area contributed by atoms with E-state index in [0.29, 0.717) is 5.41 Å². The first-order chi connectivity index (χ1) is 9.77. The van der Waals surface area contributed by atoms with E-state index in [1.165, 1.54) is 32.1 Å². The highest BCUT2D eigenvalue weighted by Gasteiger charge is 2.53. The third-order valence-electron chi connectivity index (χ3n) is 6.48. The molecule has 0 amide bonds. The van der Waals surface area contributed by atoms with Gasteiger partial charge in [-0.25, -0.2) is 0 Å². The first-order valence-electron chi connectivity index (χ1n) is 8.46. The van der Waals surface area contributed by atoms with E-state index in [1.54, 1.807) is 24.8 Å². The molecule has 4 fully saturated rings. The maximum atomic E-state index is 3.72. The number of thiophene rings is 1. The summed E-state index contributed by atoms with van der Waals surface area (Å²) < 4.78 is 0. The summed E-state index contributed by atoms with van der Waals surface area (Å²) in [7, 11) is 2.21. The van der Waals surface area contributed by atoms with Crippen LogP contribution in [0.4, 0.5) is 0 Å². The van der Waals surface area contributed by atoms with Crippen LogP contribution in [0.2, 0.25) is 0 Å². The van der Waals surface area contributed by atoms with Gasteiger partial charge in [0.15, 0.2) is 0 Å². The summed E-state index contributed by atoms with van der Waals surface area (Å²) in [6.45, 7) is 0. The van der Waals surface area contributed by atoms with Gasteiger partial charge >= 0.3 is 0 Å². The fourth-order valence-electron chi connectivity index (χ4n) is 6.11. The van der Waals surface area contributed by atoms with Gasteiger partial charge in [-0.2, -0.15) is 11.3 Å². The number of rotatable bonds is 5. The Hall–Kier alpha value is -0.340. The van der Waals surface area contributed by atoms with E-state index in [2.05, 4.69) is 29.2 Å². The van der Waals surface area contributed by atoms with Crippen molar-refractivity contribution < 1.29 is 0 Å². The molecule has 1 N–H and O–H groups in total. The Morgan fingerprint density at radius 3 is 2.35 bits per heavy atom. The zero-order valence-corrected chi connectivity index (χ0v) is 13.4. The monoisotopic (exact) mass is 289 g/mol. The minimum absolute atomic E-state index is 0.652. The maximum absolute atomic E-state index is 3.72. The van der Waals surface area contributed by atoms with E-state index in [0.717, 1.165) is 23.8 Å². The Balaban J connectivity index is 1.49. The second-order valence-electron chi connectivity index (χ2n) is 7.79. The highest BCUT2D eigenvalue weighted by Crippen LogP contribution is 2.61. The second-order valence-corrected chi connectivity index (χ2v) is 8.57. The fraction of sp³-hybridized carbons (Fsp3) is 0.778. The van der Waals surface area contributed by atoms with E-state index < -0.39 is 0 Å². The summed E-state index contributed by atoms with van der Waals surface area (Å²) >= 11 is 1.84. The summed E-state index contributed by atoms with van der Waals surface area (Å²) in [6, 6.07) is 3.05. The molecule has 1 atom stereocenters. The largest absolute Gasteiger partial charge is 0.316 e. The third kappa shape index (κ3) is 2.25. The number of hydrogen-bond acceptors (Lipinski definition) is 2. The van der Waals surface area contributed by atoms with Crippen LogP contribution in [0.3, 0.4) is 0 Å². The zero-order valence-electron chi connectivity index (χ0n) is 12.6. The van der Waals surface area contributed by atoms with Crippen LogP contribution >= 0.6 is 11.3 Å². The molecule has 0 radical (unpaired) electrons. The average Bonchev–Trinajstić information content (AvgIpc) is 2.90. The van der Waals surface area contributed by atoms with Gasteiger partial charge in [-0.1, -0.05) is 0 Å². The van der Waals surface area contributed by atoms with Gasteiger partial charge in [0.25, 0.3) is 0 Å². The smallest absolute Gasteiger partial charge is 0.0124 e. The average molecular weight is 289 g/mol. The Kier molecular flexibility index (Phi) is 3.42. The highest BCUT2D eigenvalue weighted by atomic mass is 32.1. The molecule has 1 unspecified atom stereocenters. The lowest BCUT2D eigenvalue weighted by Gasteiger charge is -2.59. The molecule has 0 saturated heterocycles. The highest BCUT2D eigenvalue weighted by molar-refractivity contribution is 7.07. The predicted molar refractivity (Wildman–Crippen MR) is 86.1 cm³/mol. The minimum Gasteiger partial charge on any atom is -0.316 e. The molecule has 0 spiro atoms. The van der Waals surface area contributed by atoms with Gasteiger partial charge in [-0.05, 0) is 104 Å². The van der Waals surface area contributed by atoms with Crippen molar-refractivity contribution in [2.24, 2.45) is 23.2 Å². The maximum Gasteiger partial charge on any atom is 0.0124 e. The van der Waals surface area contributed by atoms with Gasteiger partial charge in [0.2, 0.25) is 0 Å². The Bertz CT molecular complexity index is 415. The molecule has 1 aromatic rings. The number of hydrogen-bond donors (Lipinski definition) is 1. The number of nitrogens with one attached hydrogen (secondary N) is 1. The molecule has 2 heteroatoms. The van der Waals surface area contributed by atoms with Crippen LogP contribution in [0.25, 0.3) is 0 Å². The summed E-state index contributed by atoms with van der Waals surface area (Å²) in [5, 5.41) is 8.27. The SMILES string of the molecule is CNC(CCc1ccsc1)C12CC3CC(CC(C3)C1)C2. The van der Waals surface area contributed by atoms with E-state index in [4.69, 9.17) is 0 Å². The van der Waals surface area contributed by atoms with Crippen LogP contribution in [0.15, 0.2) is 16.8 Å². The van der Waals surface area contributed by atoms with E-state index in [1.807, 2.05) is 11.3 Å². The van der Waals surface area contributed by atoms with Crippen molar-refractivity contribution in [3.05, 3.63) is 22.4 Å². The molecule has 1 aromatic heterocycles. The molecule has 4 bridgehead atoms. The van der Waals surface area contributed by atoms with Crippen molar-refractivity contribution in [3.8, 4) is 0 Å². The van der Waals surface area contributed by atoms with Gasteiger partial charge in [0.1, 0.15) is 0 Å². The lowest BCUT2D eigenvalue weighted by atomic mass is 9.47. The topological polar surface area (TPSA) is 12.0 Å². The summed E-state index contributed by atoms with van der Waals surface area (Å²) in [4.78, 5) is 0. The molecule has 0 aliphatic heterocycles. The molecule has 5 rings (SSSR count). The first-order valence-corrected chi connectivity index (χ1v) is 9.40. The van der Waals surface area contributed by atoms with Gasteiger partial charge in [0, 0.05) is 6.04 Å². The predicted octanol–water partition coefficient (Wildman–Crippen LogP) is 4.49. The summed E-state index contributed by atoms with van der Waals surface area (Å²) in [5.74, 6) is 3.20. The molecule has 4 saturated carbocycles. The quantitative estimate of drug-likeness (QED) is 0.842. The van der Waals surface area contributed by atoms with E-state index >= 15 is 0 Å². The normalized spacial score (nSPS) is 40.1. The summed E-state index contributed by atoms with van der Waals surface area (Å²) in [6.07, 6.45) is 11.8. The van der Waals surface area contributed by atoms with Crippen molar-refractivity contribution in [3.63, 3.8) is 0 Å². The van der Waals surface area contributed by atoms with Crippen molar-refractivity contribution >= 4 is 11.3 Å². The third-order valence-corrected chi connectivity index (χ3v) is 7.21. The van der Waals surface area contributed by atoms with Crippen LogP contribution in [0.1, 0.15) is 50.5 Å². The molecule has 4 aliphatic rings. The molecular formula is C18H27NS. The molecule has 0 aromatic carbocycles. The molecule has 1 nitrogen and oxygen atoms in total. The molecule has 4 aliphatic carbocycles. The van der Waals surface area contributed by atoms with Gasteiger partial charge in [-0.3, -0.25) is 0 Å². The number of aryl methyl sites for hydroxylation is 1. The van der Waals surface area contributed by atoms with Crippen LogP contribution < -0.4 is 5.32 Å². The standard InChI is InChI=1S/C18H27NS/c1-19-17(3-2-13-4-5-20-12-13)18-9-14-6-15(10-18)8-16(7-14)11-18/h4-5,12,14-17,19H,2-3,6-11H2,1H3. The summed E-state index contributed by atoms with van der Waals surface area (Å²) in [5.41, 5.74) is 2.19. The van der Waals surface area contributed by atoms with Crippen molar-refractivity contribution in [2.75, 3.05) is 7.05 Å². The Labute approximate surface area is 127 Å². The fourth-order valence-corrected chi connectivity index (χ4v) is 6.81. The molecule has 20 heavy (non-hydrogen) atoms. The van der Waals surface area contributed by atoms with E-state index in [9.17, 15) is 0 Å². The van der Waals surface area contributed by atoms with Gasteiger partial charge in [-0.15, -0.1) is 0 Å².